The molecule has 1 N–H and O–H groups in total. The number of nitrogens with zero attached hydrogens (tertiary/aromatic N) is 3. The molecule has 0 aliphatic carbocycles. The van der Waals surface area contributed by atoms with Crippen LogP contribution in [0.15, 0.2) is 42.6 Å². The van der Waals surface area contributed by atoms with Gasteiger partial charge in [0.25, 0.3) is 0 Å². The number of aromatic nitrogens is 1. The molecule has 1 aromatic carbocycles. The van der Waals surface area contributed by atoms with Crippen molar-refractivity contribution in [2.45, 2.75) is 38.0 Å². The highest BCUT2D eigenvalue weighted by atomic mass is 19.4. The summed E-state index contributed by atoms with van der Waals surface area (Å²) in [6.07, 6.45) is -0.823. The molecule has 2 aliphatic rings. The van der Waals surface area contributed by atoms with Gasteiger partial charge in [0, 0.05) is 45.0 Å². The first-order valence-corrected chi connectivity index (χ1v) is 11.4. The van der Waals surface area contributed by atoms with E-state index < -0.39 is 17.8 Å². The van der Waals surface area contributed by atoms with E-state index in [0.717, 1.165) is 57.5 Å². The summed E-state index contributed by atoms with van der Waals surface area (Å²) in [5.41, 5.74) is -0.850. The lowest BCUT2D eigenvalue weighted by molar-refractivity contribution is -0.137. The first kappa shape index (κ1) is 24.3. The lowest BCUT2D eigenvalue weighted by Crippen LogP contribution is -2.44. The standard InChI is InChI=1S/C24H28F3N3O4/c25-24(26,27)18-1-6-22(28-15-18)33-20-2-4-21(5-3-20)34-23(32)30-13-7-17(8-14-30)16-29-11-9-19(31)10-12-29/h1-6,15,17,19,31H,7-14,16H2. The van der Waals surface area contributed by atoms with Crippen molar-refractivity contribution in [2.24, 2.45) is 5.92 Å². The molecule has 1 amide bonds. The molecule has 3 heterocycles. The summed E-state index contributed by atoms with van der Waals surface area (Å²) < 4.78 is 48.8. The van der Waals surface area contributed by atoms with Gasteiger partial charge in [0.05, 0.1) is 11.7 Å². The van der Waals surface area contributed by atoms with Crippen molar-refractivity contribution < 1.29 is 32.5 Å². The molecule has 184 valence electrons. The number of hydrogen-bond acceptors (Lipinski definition) is 6. The van der Waals surface area contributed by atoms with E-state index in [1.807, 2.05) is 0 Å². The summed E-state index contributed by atoms with van der Waals surface area (Å²) in [6.45, 7) is 4.14. The Kier molecular flexibility index (Phi) is 7.57. The Bertz CT molecular complexity index is 937. The zero-order valence-corrected chi connectivity index (χ0v) is 18.7. The molecule has 7 nitrogen and oxygen atoms in total. The van der Waals surface area contributed by atoms with Crippen LogP contribution in [0.5, 0.6) is 17.4 Å². The summed E-state index contributed by atoms with van der Waals surface area (Å²) >= 11 is 0. The number of benzene rings is 1. The highest BCUT2D eigenvalue weighted by molar-refractivity contribution is 5.70. The van der Waals surface area contributed by atoms with E-state index in [4.69, 9.17) is 9.47 Å². The van der Waals surface area contributed by atoms with Gasteiger partial charge in [-0.2, -0.15) is 13.2 Å². The monoisotopic (exact) mass is 479 g/mol. The van der Waals surface area contributed by atoms with Crippen LogP contribution in [0, 0.1) is 5.92 Å². The zero-order valence-electron chi connectivity index (χ0n) is 18.7. The summed E-state index contributed by atoms with van der Waals surface area (Å²) in [7, 11) is 0. The van der Waals surface area contributed by atoms with Crippen molar-refractivity contribution in [3.8, 4) is 17.4 Å². The van der Waals surface area contributed by atoms with Gasteiger partial charge in [0.1, 0.15) is 11.5 Å². The minimum Gasteiger partial charge on any atom is -0.439 e. The van der Waals surface area contributed by atoms with Crippen molar-refractivity contribution in [3.63, 3.8) is 0 Å². The van der Waals surface area contributed by atoms with Crippen molar-refractivity contribution in [3.05, 3.63) is 48.2 Å². The Morgan fingerprint density at radius 1 is 0.971 bits per heavy atom. The van der Waals surface area contributed by atoms with Gasteiger partial charge in [0.2, 0.25) is 5.88 Å². The molecule has 0 saturated carbocycles. The molecule has 0 atom stereocenters. The van der Waals surface area contributed by atoms with Crippen molar-refractivity contribution in [1.82, 2.24) is 14.8 Å². The van der Waals surface area contributed by atoms with Crippen LogP contribution < -0.4 is 9.47 Å². The third-order valence-electron chi connectivity index (χ3n) is 6.26. The number of hydrogen-bond donors (Lipinski definition) is 1. The van der Waals surface area contributed by atoms with Gasteiger partial charge in [-0.25, -0.2) is 9.78 Å². The molecule has 2 fully saturated rings. The number of amides is 1. The number of piperidine rings is 2. The summed E-state index contributed by atoms with van der Waals surface area (Å²) in [4.78, 5) is 20.3. The van der Waals surface area contributed by atoms with Crippen LogP contribution in [0.3, 0.4) is 0 Å². The molecular weight excluding hydrogens is 451 g/mol. The molecule has 1 aromatic heterocycles. The number of carbonyl (C=O) groups is 1. The van der Waals surface area contributed by atoms with Gasteiger partial charge in [0.15, 0.2) is 0 Å². The maximum absolute atomic E-state index is 12.6. The Labute approximate surface area is 196 Å². The molecule has 0 bridgehead atoms. The summed E-state index contributed by atoms with van der Waals surface area (Å²) in [5.74, 6) is 1.28. The lowest BCUT2D eigenvalue weighted by atomic mass is 9.95. The predicted molar refractivity (Wildman–Crippen MR) is 118 cm³/mol. The SMILES string of the molecule is O=C(Oc1ccc(Oc2ccc(C(F)(F)F)cn2)cc1)N1CCC(CN2CCC(O)CC2)CC1. The average molecular weight is 479 g/mol. The Morgan fingerprint density at radius 2 is 1.62 bits per heavy atom. The smallest absolute Gasteiger partial charge is 0.417 e. The molecule has 34 heavy (non-hydrogen) atoms. The van der Waals surface area contributed by atoms with Gasteiger partial charge >= 0.3 is 12.3 Å². The molecule has 0 unspecified atom stereocenters. The number of aliphatic hydroxyl groups excluding tert-OH is 1. The van der Waals surface area contributed by atoms with Crippen LogP contribution >= 0.6 is 0 Å². The van der Waals surface area contributed by atoms with Crippen molar-refractivity contribution in [1.29, 1.82) is 0 Å². The molecule has 2 saturated heterocycles. The van der Waals surface area contributed by atoms with E-state index in [-0.39, 0.29) is 12.0 Å². The molecular formula is C24H28F3N3O4. The number of carbonyl (C=O) groups excluding carboxylic acids is 1. The van der Waals surface area contributed by atoms with Crippen LogP contribution in [0.2, 0.25) is 0 Å². The van der Waals surface area contributed by atoms with E-state index >= 15 is 0 Å². The van der Waals surface area contributed by atoms with Gasteiger partial charge in [-0.05, 0) is 61.9 Å². The number of likely N-dealkylation sites (tertiary alicyclic amines) is 2. The summed E-state index contributed by atoms with van der Waals surface area (Å²) in [6, 6.07) is 8.30. The number of halogens is 3. The van der Waals surface area contributed by atoms with Crippen molar-refractivity contribution in [2.75, 3.05) is 32.7 Å². The number of pyridine rings is 1. The minimum absolute atomic E-state index is 0.0290. The molecule has 0 radical (unpaired) electrons. The lowest BCUT2D eigenvalue weighted by Gasteiger charge is -2.36. The van der Waals surface area contributed by atoms with Crippen LogP contribution in [-0.2, 0) is 6.18 Å². The van der Waals surface area contributed by atoms with E-state index in [1.54, 1.807) is 29.2 Å². The highest BCUT2D eigenvalue weighted by Crippen LogP contribution is 2.30. The quantitative estimate of drug-likeness (QED) is 0.678. The normalized spacial score (nSPS) is 18.6. The fraction of sp³-hybridized carbons (Fsp3) is 0.500. The fourth-order valence-electron chi connectivity index (χ4n) is 4.24. The highest BCUT2D eigenvalue weighted by Gasteiger charge is 2.31. The van der Waals surface area contributed by atoms with E-state index in [2.05, 4.69) is 9.88 Å². The Morgan fingerprint density at radius 3 is 2.21 bits per heavy atom. The maximum Gasteiger partial charge on any atom is 0.417 e. The fourth-order valence-corrected chi connectivity index (χ4v) is 4.24. The molecule has 2 aliphatic heterocycles. The van der Waals surface area contributed by atoms with E-state index in [9.17, 15) is 23.1 Å². The van der Waals surface area contributed by atoms with Crippen LogP contribution in [0.4, 0.5) is 18.0 Å². The first-order valence-electron chi connectivity index (χ1n) is 11.4. The van der Waals surface area contributed by atoms with Gasteiger partial charge < -0.3 is 24.4 Å². The minimum atomic E-state index is -4.45. The second kappa shape index (κ2) is 10.6. The largest absolute Gasteiger partial charge is 0.439 e. The Balaban J connectivity index is 1.22. The second-order valence-electron chi connectivity index (χ2n) is 8.79. The molecule has 2 aromatic rings. The van der Waals surface area contributed by atoms with E-state index in [0.29, 0.717) is 36.7 Å². The number of alkyl halides is 3. The van der Waals surface area contributed by atoms with Crippen LogP contribution in [-0.4, -0.2) is 64.8 Å². The second-order valence-corrected chi connectivity index (χ2v) is 8.79. The first-order chi connectivity index (χ1) is 16.3. The van der Waals surface area contributed by atoms with Crippen LogP contribution in [0.25, 0.3) is 0 Å². The molecule has 0 spiro atoms. The predicted octanol–water partition coefficient (Wildman–Crippen LogP) is 4.56. The summed E-state index contributed by atoms with van der Waals surface area (Å²) in [5, 5.41) is 9.64. The third-order valence-corrected chi connectivity index (χ3v) is 6.26. The molecule has 10 heteroatoms. The van der Waals surface area contributed by atoms with Gasteiger partial charge in [-0.3, -0.25) is 0 Å². The average Bonchev–Trinajstić information content (AvgIpc) is 2.82. The van der Waals surface area contributed by atoms with Gasteiger partial charge in [-0.15, -0.1) is 0 Å². The maximum atomic E-state index is 12.6. The third kappa shape index (κ3) is 6.60. The zero-order chi connectivity index (χ0) is 24.1. The topological polar surface area (TPSA) is 75.1 Å². The van der Waals surface area contributed by atoms with Gasteiger partial charge in [-0.1, -0.05) is 0 Å². The van der Waals surface area contributed by atoms with Crippen LogP contribution in [0.1, 0.15) is 31.2 Å². The number of rotatable bonds is 5. The number of ether oxygens (including phenoxy) is 2. The van der Waals surface area contributed by atoms with E-state index in [1.165, 1.54) is 0 Å². The Hall–Kier alpha value is -2.85. The van der Waals surface area contributed by atoms with Crippen molar-refractivity contribution >= 4 is 6.09 Å². The number of aliphatic hydroxyl groups is 1. The molecule has 4 rings (SSSR count).